The molecule has 1 saturated heterocycles. The number of anilines is 3. The Morgan fingerprint density at radius 1 is 1.30 bits per heavy atom. The normalized spacial score (nSPS) is 18.9. The molecule has 1 aromatic carbocycles. The number of rotatable bonds is 4. The highest BCUT2D eigenvalue weighted by molar-refractivity contribution is 6.06. The van der Waals surface area contributed by atoms with Crippen LogP contribution >= 0.6 is 0 Å². The van der Waals surface area contributed by atoms with Gasteiger partial charge in [-0.15, -0.1) is 0 Å². The molecule has 0 spiro atoms. The minimum absolute atomic E-state index is 0.106. The number of hydrogen-bond acceptors (Lipinski definition) is 8. The summed E-state index contributed by atoms with van der Waals surface area (Å²) in [6.07, 6.45) is -6.39. The zero-order valence-corrected chi connectivity index (χ0v) is 17.1. The number of benzene rings is 1. The van der Waals surface area contributed by atoms with Crippen molar-refractivity contribution in [3.8, 4) is 0 Å². The fourth-order valence-electron chi connectivity index (χ4n) is 3.36. The molecule has 0 unspecified atom stereocenters. The number of alkyl halides is 3. The Hall–Kier alpha value is -3.71. The average Bonchev–Trinajstić information content (AvgIpc) is 3.13. The first kappa shape index (κ1) is 22.5. The summed E-state index contributed by atoms with van der Waals surface area (Å²) in [5.74, 6) is -2.00. The van der Waals surface area contributed by atoms with E-state index in [9.17, 15) is 27.9 Å². The molecule has 0 bridgehead atoms. The Kier molecular flexibility index (Phi) is 5.46. The minimum atomic E-state index is -4.70. The third-order valence-corrected chi connectivity index (χ3v) is 5.12. The Bertz CT molecular complexity index is 1230. The largest absolute Gasteiger partial charge is 0.433 e. The van der Waals surface area contributed by atoms with Gasteiger partial charge in [-0.3, -0.25) is 14.5 Å². The summed E-state index contributed by atoms with van der Waals surface area (Å²) in [7, 11) is 0. The highest BCUT2D eigenvalue weighted by atomic mass is 19.4. The van der Waals surface area contributed by atoms with Gasteiger partial charge in [0.25, 0.3) is 11.8 Å². The van der Waals surface area contributed by atoms with Crippen LogP contribution in [0.15, 0.2) is 40.9 Å². The van der Waals surface area contributed by atoms with Crippen molar-refractivity contribution in [3.05, 3.63) is 42.1 Å². The Morgan fingerprint density at radius 3 is 2.79 bits per heavy atom. The number of morpholine rings is 1. The molecular weight excluding hydrogens is 447 g/mol. The Balaban J connectivity index is 1.55. The minimum Gasteiger partial charge on any atom is -0.380 e. The maximum Gasteiger partial charge on any atom is 0.433 e. The number of nitrogen functional groups attached to an aromatic ring is 1. The molecule has 2 amide bonds. The van der Waals surface area contributed by atoms with Crippen molar-refractivity contribution >= 4 is 40.1 Å². The van der Waals surface area contributed by atoms with Crippen LogP contribution in [0.3, 0.4) is 0 Å². The van der Waals surface area contributed by atoms with Crippen molar-refractivity contribution in [2.24, 2.45) is 0 Å². The molecule has 3 heterocycles. The number of fused-ring (bicyclic) bond motifs is 1. The van der Waals surface area contributed by atoms with Gasteiger partial charge in [-0.1, -0.05) is 11.2 Å². The van der Waals surface area contributed by atoms with E-state index in [1.807, 2.05) is 0 Å². The number of hydrogen-bond donors (Lipinski definition) is 3. The van der Waals surface area contributed by atoms with Crippen LogP contribution in [0.25, 0.3) is 11.0 Å². The van der Waals surface area contributed by atoms with E-state index in [1.165, 1.54) is 18.2 Å². The van der Waals surface area contributed by atoms with Crippen molar-refractivity contribution in [2.75, 3.05) is 29.1 Å². The number of nitrogens with one attached hydrogen (secondary N) is 1. The SMILES string of the molecule is C[C@](O)(C(=O)Nc1ccc2c(N)noc2c1)[C@H]1OCCN(c2cccc(C(F)(F)F)n2)C1=O. The first-order chi connectivity index (χ1) is 15.5. The number of nitrogens with zero attached hydrogens (tertiary/aromatic N) is 3. The number of nitrogens with two attached hydrogens (primary N) is 1. The molecule has 1 fully saturated rings. The van der Waals surface area contributed by atoms with Crippen LogP contribution < -0.4 is 16.0 Å². The fraction of sp³-hybridized carbons (Fsp3) is 0.300. The molecule has 13 heteroatoms. The number of carbonyl (C=O) groups excluding carboxylic acids is 2. The summed E-state index contributed by atoms with van der Waals surface area (Å²) in [4.78, 5) is 30.2. The number of amides is 2. The lowest BCUT2D eigenvalue weighted by molar-refractivity contribution is -0.165. The Labute approximate surface area is 184 Å². The summed E-state index contributed by atoms with van der Waals surface area (Å²) < 4.78 is 49.4. The van der Waals surface area contributed by atoms with Gasteiger partial charge in [0.2, 0.25) is 0 Å². The lowest BCUT2D eigenvalue weighted by Crippen LogP contribution is -2.61. The molecule has 2 atom stereocenters. The first-order valence-electron chi connectivity index (χ1n) is 9.64. The van der Waals surface area contributed by atoms with Gasteiger partial charge >= 0.3 is 6.18 Å². The van der Waals surface area contributed by atoms with Gasteiger partial charge in [0.15, 0.2) is 23.1 Å². The fourth-order valence-corrected chi connectivity index (χ4v) is 3.36. The second-order valence-corrected chi connectivity index (χ2v) is 7.50. The van der Waals surface area contributed by atoms with Crippen LogP contribution in [0, 0.1) is 0 Å². The van der Waals surface area contributed by atoms with Crippen molar-refractivity contribution in [3.63, 3.8) is 0 Å². The van der Waals surface area contributed by atoms with Crippen molar-refractivity contribution in [2.45, 2.75) is 24.8 Å². The molecule has 2 aromatic heterocycles. The summed E-state index contributed by atoms with van der Waals surface area (Å²) in [5.41, 5.74) is 2.61. The van der Waals surface area contributed by atoms with Crippen LogP contribution in [0.2, 0.25) is 0 Å². The number of ether oxygens (including phenoxy) is 1. The summed E-state index contributed by atoms with van der Waals surface area (Å²) >= 11 is 0. The predicted molar refractivity (Wildman–Crippen MR) is 109 cm³/mol. The number of halogens is 3. The van der Waals surface area contributed by atoms with Gasteiger partial charge in [0, 0.05) is 11.8 Å². The molecule has 10 nitrogen and oxygen atoms in total. The molecule has 3 aromatic rings. The number of carbonyl (C=O) groups is 2. The monoisotopic (exact) mass is 465 g/mol. The third-order valence-electron chi connectivity index (χ3n) is 5.12. The van der Waals surface area contributed by atoms with E-state index in [1.54, 1.807) is 6.07 Å². The molecule has 1 aliphatic heterocycles. The summed E-state index contributed by atoms with van der Waals surface area (Å²) in [5, 5.41) is 17.4. The van der Waals surface area contributed by atoms with E-state index in [-0.39, 0.29) is 36.1 Å². The first-order valence-corrected chi connectivity index (χ1v) is 9.64. The lowest BCUT2D eigenvalue weighted by Gasteiger charge is -2.38. The second kappa shape index (κ2) is 8.01. The number of aromatic nitrogens is 2. The van der Waals surface area contributed by atoms with Crippen LogP contribution in [0.4, 0.5) is 30.5 Å². The Morgan fingerprint density at radius 2 is 2.06 bits per heavy atom. The maximum atomic E-state index is 13.0. The second-order valence-electron chi connectivity index (χ2n) is 7.50. The number of aliphatic hydroxyl groups is 1. The van der Waals surface area contributed by atoms with E-state index >= 15 is 0 Å². The molecule has 174 valence electrons. The van der Waals surface area contributed by atoms with Crippen molar-refractivity contribution in [1.82, 2.24) is 10.1 Å². The van der Waals surface area contributed by atoms with Crippen molar-refractivity contribution in [1.29, 1.82) is 0 Å². The third kappa shape index (κ3) is 4.19. The number of pyridine rings is 1. The molecule has 1 aliphatic rings. The van der Waals surface area contributed by atoms with Crippen molar-refractivity contribution < 1.29 is 37.1 Å². The molecule has 33 heavy (non-hydrogen) atoms. The van der Waals surface area contributed by atoms with Gasteiger partial charge in [-0.2, -0.15) is 13.2 Å². The van der Waals surface area contributed by atoms with Gasteiger partial charge < -0.3 is 25.4 Å². The molecule has 4 N–H and O–H groups in total. The molecule has 0 radical (unpaired) electrons. The van der Waals surface area contributed by atoms with Crippen LogP contribution in [-0.2, 0) is 20.5 Å². The maximum absolute atomic E-state index is 13.0. The van der Waals surface area contributed by atoms with Gasteiger partial charge in [0.05, 0.1) is 18.5 Å². The van der Waals surface area contributed by atoms with Gasteiger partial charge in [0.1, 0.15) is 11.5 Å². The zero-order valence-electron chi connectivity index (χ0n) is 17.1. The predicted octanol–water partition coefficient (Wildman–Crippen LogP) is 1.95. The van der Waals surface area contributed by atoms with Gasteiger partial charge in [-0.25, -0.2) is 4.98 Å². The topological polar surface area (TPSA) is 144 Å². The standard InChI is InChI=1S/C20H18F3N5O5/c1-19(31,18(30)25-10-5-6-11-12(9-10)33-27-16(11)24)15-17(29)28(7-8-32-15)14-4-2-3-13(26-14)20(21,22)23/h2-6,9,15,31H,7-8H2,1H3,(H2,24,27)(H,25,30)/t15-,19+/m0/s1. The lowest BCUT2D eigenvalue weighted by atomic mass is 9.95. The van der Waals surface area contributed by atoms with Crippen LogP contribution in [0.1, 0.15) is 12.6 Å². The van der Waals surface area contributed by atoms with E-state index < -0.39 is 35.4 Å². The molecule has 4 rings (SSSR count). The average molecular weight is 465 g/mol. The smallest absolute Gasteiger partial charge is 0.380 e. The quantitative estimate of drug-likeness (QED) is 0.530. The summed E-state index contributed by atoms with van der Waals surface area (Å²) in [6, 6.07) is 7.58. The zero-order chi connectivity index (χ0) is 24.0. The van der Waals surface area contributed by atoms with Crippen LogP contribution in [0.5, 0.6) is 0 Å². The van der Waals surface area contributed by atoms with E-state index in [0.29, 0.717) is 5.39 Å². The molecular formula is C20H18F3N5O5. The summed E-state index contributed by atoms with van der Waals surface area (Å²) in [6.45, 7) is 0.824. The van der Waals surface area contributed by atoms with E-state index in [4.69, 9.17) is 15.0 Å². The highest BCUT2D eigenvalue weighted by Gasteiger charge is 2.49. The van der Waals surface area contributed by atoms with E-state index in [2.05, 4.69) is 15.5 Å². The van der Waals surface area contributed by atoms with Gasteiger partial charge in [-0.05, 0) is 31.2 Å². The molecule has 0 saturated carbocycles. The van der Waals surface area contributed by atoms with Crippen LogP contribution in [-0.4, -0.2) is 51.9 Å². The van der Waals surface area contributed by atoms with E-state index in [0.717, 1.165) is 24.0 Å². The highest BCUT2D eigenvalue weighted by Crippen LogP contribution is 2.31. The molecule has 0 aliphatic carbocycles.